The molecular weight excluding hydrogens is 332 g/mol. The first-order valence-corrected chi connectivity index (χ1v) is 8.21. The smallest absolute Gasteiger partial charge is 0.330 e. The summed E-state index contributed by atoms with van der Waals surface area (Å²) < 4.78 is 23.3. The molecule has 0 saturated carbocycles. The van der Waals surface area contributed by atoms with E-state index in [1.165, 1.54) is 25.0 Å². The van der Waals surface area contributed by atoms with Gasteiger partial charge in [0.2, 0.25) is 0 Å². The van der Waals surface area contributed by atoms with Crippen LogP contribution in [-0.4, -0.2) is 66.5 Å². The van der Waals surface area contributed by atoms with E-state index in [2.05, 4.69) is 4.98 Å². The molecule has 0 aliphatic carbocycles. The van der Waals surface area contributed by atoms with Gasteiger partial charge in [-0.25, -0.2) is 4.79 Å². The van der Waals surface area contributed by atoms with E-state index < -0.39 is 41.9 Å². The average Bonchev–Trinajstić information content (AvgIpc) is 2.87. The molecule has 0 spiro atoms. The summed E-state index contributed by atoms with van der Waals surface area (Å²) in [4.78, 5) is 26.0. The van der Waals surface area contributed by atoms with E-state index in [9.17, 15) is 14.7 Å². The third-order valence-electron chi connectivity index (χ3n) is 4.19. The minimum Gasteiger partial charge on any atom is -0.388 e. The average molecular weight is 358 g/mol. The van der Waals surface area contributed by atoms with Crippen LogP contribution in [0.3, 0.4) is 0 Å². The van der Waals surface area contributed by atoms with Gasteiger partial charge >= 0.3 is 5.69 Å². The highest BCUT2D eigenvalue weighted by atomic mass is 16.6. The lowest BCUT2D eigenvalue weighted by atomic mass is 10.1. The molecule has 2 N–H and O–H groups in total. The molecule has 0 aromatic carbocycles. The first-order chi connectivity index (χ1) is 11.9. The molecule has 0 amide bonds. The van der Waals surface area contributed by atoms with Crippen molar-refractivity contribution < 1.29 is 24.1 Å². The molecule has 9 heteroatoms. The van der Waals surface area contributed by atoms with Crippen molar-refractivity contribution in [2.45, 2.75) is 50.9 Å². The van der Waals surface area contributed by atoms with Crippen molar-refractivity contribution in [3.63, 3.8) is 0 Å². The Hall–Kier alpha value is -1.52. The highest BCUT2D eigenvalue weighted by Crippen LogP contribution is 2.33. The second-order valence-corrected chi connectivity index (χ2v) is 6.08. The summed E-state index contributed by atoms with van der Waals surface area (Å²) in [5, 5.41) is 10.6. The number of methoxy groups -OCH3 is 2. The molecule has 25 heavy (non-hydrogen) atoms. The maximum absolute atomic E-state index is 12.2. The first-order valence-electron chi connectivity index (χ1n) is 8.21. The van der Waals surface area contributed by atoms with Crippen molar-refractivity contribution in [3.8, 4) is 0 Å². The molecular formula is C16H26N2O7. The number of nitrogens with zero attached hydrogens (tertiary/aromatic N) is 1. The number of hydrogen-bond donors (Lipinski definition) is 2. The van der Waals surface area contributed by atoms with Gasteiger partial charge in [-0.1, -0.05) is 6.92 Å². The van der Waals surface area contributed by atoms with E-state index in [1.54, 1.807) is 6.92 Å². The molecule has 1 saturated heterocycles. The van der Waals surface area contributed by atoms with E-state index in [-0.39, 0.29) is 13.2 Å². The van der Waals surface area contributed by atoms with Crippen LogP contribution in [0.1, 0.15) is 25.1 Å². The van der Waals surface area contributed by atoms with E-state index >= 15 is 0 Å². The van der Waals surface area contributed by atoms with Gasteiger partial charge < -0.3 is 24.1 Å². The molecule has 1 fully saturated rings. The molecule has 1 aliphatic rings. The van der Waals surface area contributed by atoms with Crippen molar-refractivity contribution in [1.29, 1.82) is 0 Å². The van der Waals surface area contributed by atoms with Gasteiger partial charge in [-0.15, -0.1) is 0 Å². The van der Waals surface area contributed by atoms with E-state index in [1.807, 2.05) is 6.92 Å². The van der Waals surface area contributed by atoms with Crippen molar-refractivity contribution in [2.24, 2.45) is 0 Å². The number of aliphatic hydroxyl groups excluding tert-OH is 1. The van der Waals surface area contributed by atoms with Crippen LogP contribution in [0.15, 0.2) is 15.8 Å². The van der Waals surface area contributed by atoms with Crippen LogP contribution in [0, 0.1) is 6.92 Å². The Balaban J connectivity index is 2.35. The number of aromatic nitrogens is 2. The van der Waals surface area contributed by atoms with Crippen LogP contribution >= 0.6 is 0 Å². The Morgan fingerprint density at radius 3 is 2.52 bits per heavy atom. The summed E-state index contributed by atoms with van der Waals surface area (Å²) in [5.41, 5.74) is -0.712. The van der Waals surface area contributed by atoms with Crippen molar-refractivity contribution in [2.75, 3.05) is 27.4 Å². The van der Waals surface area contributed by atoms with Gasteiger partial charge in [0.1, 0.15) is 18.3 Å². The lowest BCUT2D eigenvalue weighted by Gasteiger charge is -2.27. The Morgan fingerprint density at radius 2 is 1.96 bits per heavy atom. The van der Waals surface area contributed by atoms with Crippen molar-refractivity contribution in [1.82, 2.24) is 9.55 Å². The SMILES string of the molecule is CC[C@H]1O[C@@H](n2cc(C)c(=O)[nH]c2=O)C(OC(COC)COC)[C@H]1O. The molecule has 142 valence electrons. The molecule has 1 aromatic rings. The molecule has 9 nitrogen and oxygen atoms in total. The number of nitrogens with one attached hydrogen (secondary N) is 1. The third-order valence-corrected chi connectivity index (χ3v) is 4.19. The zero-order chi connectivity index (χ0) is 18.6. The molecule has 0 radical (unpaired) electrons. The fourth-order valence-corrected chi connectivity index (χ4v) is 2.92. The predicted molar refractivity (Wildman–Crippen MR) is 88.7 cm³/mol. The van der Waals surface area contributed by atoms with Gasteiger partial charge in [-0.2, -0.15) is 0 Å². The first kappa shape index (κ1) is 19.8. The number of aryl methyl sites for hydroxylation is 1. The monoisotopic (exact) mass is 358 g/mol. The highest BCUT2D eigenvalue weighted by Gasteiger charge is 2.46. The molecule has 1 unspecified atom stereocenters. The highest BCUT2D eigenvalue weighted by molar-refractivity contribution is 5.03. The summed E-state index contributed by atoms with van der Waals surface area (Å²) in [6, 6.07) is 0. The van der Waals surface area contributed by atoms with Gasteiger partial charge in [0.15, 0.2) is 6.23 Å². The second-order valence-electron chi connectivity index (χ2n) is 6.08. The van der Waals surface area contributed by atoms with Gasteiger partial charge in [-0.05, 0) is 13.3 Å². The predicted octanol–water partition coefficient (Wildman–Crippen LogP) is -0.440. The summed E-state index contributed by atoms with van der Waals surface area (Å²) in [6.07, 6.45) is -1.55. The van der Waals surface area contributed by atoms with Gasteiger partial charge in [0.25, 0.3) is 5.56 Å². The minimum absolute atomic E-state index is 0.264. The third kappa shape index (κ3) is 4.36. The Morgan fingerprint density at radius 1 is 1.32 bits per heavy atom. The summed E-state index contributed by atoms with van der Waals surface area (Å²) in [7, 11) is 3.07. The Labute approximate surface area is 145 Å². The minimum atomic E-state index is -0.926. The van der Waals surface area contributed by atoms with Gasteiger partial charge in [-0.3, -0.25) is 14.3 Å². The molecule has 1 aromatic heterocycles. The van der Waals surface area contributed by atoms with E-state index in [4.69, 9.17) is 18.9 Å². The summed E-state index contributed by atoms with van der Waals surface area (Å²) in [5.74, 6) is 0. The fraction of sp³-hybridized carbons (Fsp3) is 0.750. The Kier molecular flexibility index (Phi) is 6.91. The number of ether oxygens (including phenoxy) is 4. The van der Waals surface area contributed by atoms with E-state index in [0.717, 1.165) is 0 Å². The summed E-state index contributed by atoms with van der Waals surface area (Å²) in [6.45, 7) is 3.99. The molecule has 0 bridgehead atoms. The second kappa shape index (κ2) is 8.72. The van der Waals surface area contributed by atoms with Gasteiger partial charge in [0, 0.05) is 26.0 Å². The molecule has 2 heterocycles. The number of aromatic amines is 1. The van der Waals surface area contributed by atoms with Crippen LogP contribution < -0.4 is 11.2 Å². The maximum atomic E-state index is 12.2. The number of hydrogen-bond acceptors (Lipinski definition) is 7. The van der Waals surface area contributed by atoms with Crippen LogP contribution in [0.25, 0.3) is 0 Å². The molecule has 1 aliphatic heterocycles. The zero-order valence-corrected chi connectivity index (χ0v) is 14.9. The van der Waals surface area contributed by atoms with E-state index in [0.29, 0.717) is 12.0 Å². The van der Waals surface area contributed by atoms with Crippen LogP contribution in [0.2, 0.25) is 0 Å². The van der Waals surface area contributed by atoms with Crippen molar-refractivity contribution >= 4 is 0 Å². The van der Waals surface area contributed by atoms with Crippen LogP contribution in [0.5, 0.6) is 0 Å². The zero-order valence-electron chi connectivity index (χ0n) is 14.9. The van der Waals surface area contributed by atoms with Crippen LogP contribution in [-0.2, 0) is 18.9 Å². The Bertz CT molecular complexity index is 665. The lowest BCUT2D eigenvalue weighted by Crippen LogP contribution is -2.43. The number of rotatable bonds is 8. The van der Waals surface area contributed by atoms with Crippen molar-refractivity contribution in [3.05, 3.63) is 32.6 Å². The normalized spacial score (nSPS) is 26.5. The van der Waals surface area contributed by atoms with Crippen LogP contribution in [0.4, 0.5) is 0 Å². The fourth-order valence-electron chi connectivity index (χ4n) is 2.92. The molecule has 4 atom stereocenters. The lowest BCUT2D eigenvalue weighted by molar-refractivity contribution is -0.132. The summed E-state index contributed by atoms with van der Waals surface area (Å²) >= 11 is 0. The largest absolute Gasteiger partial charge is 0.388 e. The quantitative estimate of drug-likeness (QED) is 0.648. The standard InChI is InChI=1S/C16H26N2O7/c1-5-11-12(19)13(24-10(7-22-3)8-23-4)15(25-11)18-6-9(2)14(20)17-16(18)21/h6,10-13,15,19H,5,7-8H2,1-4H3,(H,17,20,21)/t11-,12+,13?,15-/m1/s1. The molecule has 2 rings (SSSR count). The number of H-pyrrole nitrogens is 1. The maximum Gasteiger partial charge on any atom is 0.330 e. The number of aliphatic hydroxyl groups is 1. The van der Waals surface area contributed by atoms with Gasteiger partial charge in [0.05, 0.1) is 19.3 Å². The topological polar surface area (TPSA) is 112 Å².